The summed E-state index contributed by atoms with van der Waals surface area (Å²) >= 11 is 0. The van der Waals surface area contributed by atoms with Crippen molar-refractivity contribution in [3.8, 4) is 11.1 Å². The third-order valence-corrected chi connectivity index (χ3v) is 8.32. The normalized spacial score (nSPS) is 14.3. The van der Waals surface area contributed by atoms with Gasteiger partial charge in [0, 0.05) is 61.2 Å². The summed E-state index contributed by atoms with van der Waals surface area (Å²) in [5, 5.41) is 2.73. The number of hydrogen-bond donors (Lipinski definition) is 2. The Bertz CT molecular complexity index is 1650. The average Bonchev–Trinajstić information content (AvgIpc) is 3.62. The maximum Gasteiger partial charge on any atom is 0.253 e. The first-order valence-corrected chi connectivity index (χ1v) is 16.4. The number of halogens is 2. The number of nitrogens with one attached hydrogen (secondary N) is 1. The molecule has 3 aromatic rings. The predicted octanol–water partition coefficient (Wildman–Crippen LogP) is 4.58. The van der Waals surface area contributed by atoms with Crippen LogP contribution in [0.3, 0.4) is 0 Å². The Balaban J connectivity index is 1.50. The molecule has 4 amide bonds. The van der Waals surface area contributed by atoms with Crippen LogP contribution in [-0.2, 0) is 30.5 Å². The molecule has 0 fully saturated rings. The molecule has 0 aliphatic carbocycles. The molecule has 1 aliphatic rings. The maximum atomic E-state index is 15.0. The average molecular weight is 678 g/mol. The van der Waals surface area contributed by atoms with E-state index >= 15 is 0 Å². The quantitative estimate of drug-likeness (QED) is 0.169. The molecule has 2 heterocycles. The molecule has 0 saturated carbocycles. The number of ether oxygens (including phenoxy) is 1. The molecule has 4 rings (SSSR count). The molecule has 262 valence electrons. The number of nitrogens with two attached hydrogens (primary N) is 1. The zero-order valence-electron chi connectivity index (χ0n) is 28.5. The fourth-order valence-corrected chi connectivity index (χ4v) is 5.91. The van der Waals surface area contributed by atoms with Gasteiger partial charge in [-0.3, -0.25) is 24.1 Å². The molecule has 1 aliphatic heterocycles. The summed E-state index contributed by atoms with van der Waals surface area (Å²) in [7, 11) is 0. The minimum absolute atomic E-state index is 0.113. The second-order valence-electron chi connectivity index (χ2n) is 13.1. The van der Waals surface area contributed by atoms with Gasteiger partial charge in [-0.05, 0) is 41.7 Å². The molecular formula is C37H45F2N5O5. The molecule has 1 aromatic heterocycles. The molecule has 2 aromatic carbocycles. The van der Waals surface area contributed by atoms with E-state index in [1.54, 1.807) is 18.0 Å². The van der Waals surface area contributed by atoms with Crippen LogP contribution in [0.5, 0.6) is 0 Å². The lowest BCUT2D eigenvalue weighted by Crippen LogP contribution is -2.47. The van der Waals surface area contributed by atoms with Crippen molar-refractivity contribution in [2.24, 2.45) is 11.1 Å². The van der Waals surface area contributed by atoms with Crippen LogP contribution < -0.4 is 11.1 Å². The number of hydrogen-bond acceptors (Lipinski definition) is 6. The van der Waals surface area contributed by atoms with Crippen molar-refractivity contribution in [1.29, 1.82) is 0 Å². The van der Waals surface area contributed by atoms with Crippen molar-refractivity contribution in [3.05, 3.63) is 95.8 Å². The fourth-order valence-electron chi connectivity index (χ4n) is 5.91. The molecule has 10 nitrogen and oxygen atoms in total. The number of imide groups is 1. The van der Waals surface area contributed by atoms with E-state index in [0.717, 1.165) is 34.4 Å². The van der Waals surface area contributed by atoms with Crippen LogP contribution >= 0.6 is 0 Å². The van der Waals surface area contributed by atoms with Gasteiger partial charge in [0.1, 0.15) is 11.6 Å². The molecule has 0 spiro atoms. The topological polar surface area (TPSA) is 127 Å². The molecule has 0 saturated heterocycles. The molecular weight excluding hydrogens is 632 g/mol. The minimum Gasteiger partial charge on any atom is -0.378 e. The lowest BCUT2D eigenvalue weighted by Gasteiger charge is -2.41. The first-order valence-electron chi connectivity index (χ1n) is 16.4. The Morgan fingerprint density at radius 1 is 1.00 bits per heavy atom. The van der Waals surface area contributed by atoms with E-state index in [9.17, 15) is 28.0 Å². The number of rotatable bonds is 16. The monoisotopic (exact) mass is 677 g/mol. The van der Waals surface area contributed by atoms with Gasteiger partial charge >= 0.3 is 0 Å². The van der Waals surface area contributed by atoms with Crippen LogP contribution in [0, 0.1) is 17.0 Å². The molecule has 12 heteroatoms. The Kier molecular flexibility index (Phi) is 12.6. The van der Waals surface area contributed by atoms with Crippen LogP contribution in [0.1, 0.15) is 57.8 Å². The summed E-state index contributed by atoms with van der Waals surface area (Å²) in [5.41, 5.74) is 8.10. The van der Waals surface area contributed by atoms with Gasteiger partial charge in [-0.2, -0.15) is 0 Å². The van der Waals surface area contributed by atoms with Crippen molar-refractivity contribution >= 4 is 23.6 Å². The van der Waals surface area contributed by atoms with Gasteiger partial charge in [-0.25, -0.2) is 8.78 Å². The second-order valence-corrected chi connectivity index (χ2v) is 13.1. The third-order valence-electron chi connectivity index (χ3n) is 8.32. The highest BCUT2D eigenvalue weighted by Crippen LogP contribution is 2.41. The van der Waals surface area contributed by atoms with Gasteiger partial charge in [-0.1, -0.05) is 58.0 Å². The lowest BCUT2D eigenvalue weighted by molar-refractivity contribution is -0.138. The van der Waals surface area contributed by atoms with Gasteiger partial charge < -0.3 is 25.3 Å². The van der Waals surface area contributed by atoms with E-state index in [4.69, 9.17) is 10.5 Å². The summed E-state index contributed by atoms with van der Waals surface area (Å²) in [6.45, 7) is 8.96. The maximum absolute atomic E-state index is 15.0. The summed E-state index contributed by atoms with van der Waals surface area (Å²) in [6, 6.07) is 13.4. The Labute approximate surface area is 285 Å². The Hall–Kier alpha value is -4.68. The molecule has 2 atom stereocenters. The van der Waals surface area contributed by atoms with Crippen molar-refractivity contribution < 1.29 is 32.7 Å². The van der Waals surface area contributed by atoms with Crippen LogP contribution in [0.15, 0.2) is 72.9 Å². The van der Waals surface area contributed by atoms with E-state index in [0.29, 0.717) is 12.1 Å². The zero-order chi connectivity index (χ0) is 35.7. The van der Waals surface area contributed by atoms with Crippen LogP contribution in [-0.4, -0.2) is 76.9 Å². The first kappa shape index (κ1) is 37.1. The van der Waals surface area contributed by atoms with Gasteiger partial charge in [0.05, 0.1) is 31.8 Å². The highest BCUT2D eigenvalue weighted by Gasteiger charge is 2.37. The summed E-state index contributed by atoms with van der Waals surface area (Å²) in [6.07, 6.45) is 4.57. The van der Waals surface area contributed by atoms with E-state index in [1.807, 2.05) is 61.7 Å². The second kappa shape index (κ2) is 16.6. The highest BCUT2D eigenvalue weighted by molar-refractivity contribution is 6.12. The fraction of sp³-hybridized carbons (Fsp3) is 0.405. The van der Waals surface area contributed by atoms with E-state index in [1.165, 1.54) is 12.2 Å². The van der Waals surface area contributed by atoms with Crippen molar-refractivity contribution in [2.75, 3.05) is 32.8 Å². The van der Waals surface area contributed by atoms with Crippen molar-refractivity contribution in [1.82, 2.24) is 19.7 Å². The lowest BCUT2D eigenvalue weighted by atomic mass is 9.82. The standard InChI is InChI=1S/C37H45F2N5O5/c1-5-32(45)44(17-15-30(40)36(48)41-16-19-49-20-18-43-33(46)13-14-34(43)47)35(37(2,3)4)31-21-26(28-22-27(38)11-12-29(28)39)24-42(31)23-25-9-7-6-8-10-25/h6-14,21-22,24,30,35H,5,15-20,23,40H2,1-4H3,(H,41,48)/t30-,35-/m0/s1. The van der Waals surface area contributed by atoms with E-state index in [-0.39, 0.29) is 69.0 Å². The minimum atomic E-state index is -0.924. The van der Waals surface area contributed by atoms with Crippen LogP contribution in [0.4, 0.5) is 8.78 Å². The molecule has 49 heavy (non-hydrogen) atoms. The van der Waals surface area contributed by atoms with Crippen molar-refractivity contribution in [3.63, 3.8) is 0 Å². The molecule has 0 radical (unpaired) electrons. The molecule has 3 N–H and O–H groups in total. The summed E-state index contributed by atoms with van der Waals surface area (Å²) < 4.78 is 36.7. The SMILES string of the molecule is CCC(=O)N(CC[C@H](N)C(=O)NCCOCCN1C(=O)C=CC1=O)[C@@H](c1cc(-c2cc(F)ccc2F)cn1Cc1ccccc1)C(C)(C)C. The summed E-state index contributed by atoms with van der Waals surface area (Å²) in [4.78, 5) is 52.5. The van der Waals surface area contributed by atoms with Gasteiger partial charge in [0.2, 0.25) is 11.8 Å². The smallest absolute Gasteiger partial charge is 0.253 e. The Morgan fingerprint density at radius 3 is 2.35 bits per heavy atom. The number of amides is 4. The van der Waals surface area contributed by atoms with Gasteiger partial charge in [0.15, 0.2) is 0 Å². The van der Waals surface area contributed by atoms with Gasteiger partial charge in [0.25, 0.3) is 11.8 Å². The van der Waals surface area contributed by atoms with E-state index < -0.39 is 35.0 Å². The third kappa shape index (κ3) is 9.70. The highest BCUT2D eigenvalue weighted by atomic mass is 19.1. The Morgan fingerprint density at radius 2 is 1.69 bits per heavy atom. The van der Waals surface area contributed by atoms with Crippen molar-refractivity contribution in [2.45, 2.75) is 59.2 Å². The largest absolute Gasteiger partial charge is 0.378 e. The number of aromatic nitrogens is 1. The zero-order valence-corrected chi connectivity index (χ0v) is 28.5. The van der Waals surface area contributed by atoms with E-state index in [2.05, 4.69) is 5.32 Å². The van der Waals surface area contributed by atoms with Crippen LogP contribution in [0.2, 0.25) is 0 Å². The molecule has 0 bridgehead atoms. The first-order chi connectivity index (χ1) is 23.3. The number of carbonyl (C=O) groups is 4. The number of benzene rings is 2. The summed E-state index contributed by atoms with van der Waals surface area (Å²) in [5.74, 6) is -2.45. The van der Waals surface area contributed by atoms with Crippen LogP contribution in [0.25, 0.3) is 11.1 Å². The number of carbonyl (C=O) groups excluding carboxylic acids is 4. The number of nitrogens with zero attached hydrogens (tertiary/aromatic N) is 3. The predicted molar refractivity (Wildman–Crippen MR) is 182 cm³/mol. The van der Waals surface area contributed by atoms with Gasteiger partial charge in [-0.15, -0.1) is 0 Å². The molecule has 0 unspecified atom stereocenters.